The minimum atomic E-state index is -0.471. The average Bonchev–Trinajstić information content (AvgIpc) is 3.33. The molecule has 3 aromatic carbocycles. The summed E-state index contributed by atoms with van der Waals surface area (Å²) >= 11 is 0. The molecule has 0 fully saturated rings. The molecule has 168 valence electrons. The van der Waals surface area contributed by atoms with Gasteiger partial charge in [-0.2, -0.15) is 5.10 Å². The van der Waals surface area contributed by atoms with Crippen LogP contribution in [0.2, 0.25) is 0 Å². The molecule has 0 spiro atoms. The van der Waals surface area contributed by atoms with Crippen LogP contribution in [0.3, 0.4) is 0 Å². The Morgan fingerprint density at radius 3 is 2.39 bits per heavy atom. The Morgan fingerprint density at radius 2 is 1.73 bits per heavy atom. The maximum atomic E-state index is 11.9. The van der Waals surface area contributed by atoms with E-state index in [1.807, 2.05) is 53.5 Å². The van der Waals surface area contributed by atoms with E-state index in [2.05, 4.69) is 6.07 Å². The van der Waals surface area contributed by atoms with Gasteiger partial charge in [0.15, 0.2) is 11.5 Å². The lowest BCUT2D eigenvalue weighted by Crippen LogP contribution is -2.33. The molecule has 0 N–H and O–H groups in total. The quantitative estimate of drug-likeness (QED) is 0.530. The summed E-state index contributed by atoms with van der Waals surface area (Å²) in [6.07, 6.45) is 0.258. The summed E-state index contributed by atoms with van der Waals surface area (Å²) in [6, 6.07) is 21.0. The second kappa shape index (κ2) is 8.50. The second-order valence-electron chi connectivity index (χ2n) is 7.84. The Morgan fingerprint density at radius 1 is 0.970 bits per heavy atom. The van der Waals surface area contributed by atoms with Crippen molar-refractivity contribution in [2.24, 2.45) is 5.10 Å². The van der Waals surface area contributed by atoms with Crippen LogP contribution in [0.5, 0.6) is 17.2 Å². The molecule has 33 heavy (non-hydrogen) atoms. The highest BCUT2D eigenvalue weighted by Gasteiger charge is 2.42. The molecule has 2 aliphatic heterocycles. The third kappa shape index (κ3) is 3.65. The number of hydrazone groups is 1. The lowest BCUT2D eigenvalue weighted by atomic mass is 9.95. The molecule has 3 aromatic rings. The fraction of sp³-hybridized carbons (Fsp3) is 0.231. The first-order valence-corrected chi connectivity index (χ1v) is 10.6. The van der Waals surface area contributed by atoms with Crippen LogP contribution in [0.1, 0.15) is 45.7 Å². The van der Waals surface area contributed by atoms with Crippen LogP contribution >= 0.6 is 0 Å². The molecule has 5 rings (SSSR count). The molecule has 7 nitrogen and oxygen atoms in total. The van der Waals surface area contributed by atoms with Gasteiger partial charge in [-0.25, -0.2) is 9.80 Å². The maximum absolute atomic E-state index is 11.9. The Hall–Kier alpha value is -4.00. The fourth-order valence-corrected chi connectivity index (χ4v) is 4.32. The van der Waals surface area contributed by atoms with Crippen molar-refractivity contribution in [1.82, 2.24) is 5.01 Å². The van der Waals surface area contributed by atoms with Gasteiger partial charge >= 0.3 is 5.97 Å². The minimum absolute atomic E-state index is 0.00812. The lowest BCUT2D eigenvalue weighted by Gasteiger charge is -2.38. The van der Waals surface area contributed by atoms with E-state index in [4.69, 9.17) is 24.0 Å². The lowest BCUT2D eigenvalue weighted by molar-refractivity contribution is -0.0209. The van der Waals surface area contributed by atoms with E-state index in [0.717, 1.165) is 40.3 Å². The molecule has 0 saturated heterocycles. The Labute approximate surface area is 192 Å². The summed E-state index contributed by atoms with van der Waals surface area (Å²) in [5.74, 6) is 1.82. The van der Waals surface area contributed by atoms with Gasteiger partial charge in [0.25, 0.3) is 0 Å². The molecular formula is C26H24N2O5. The van der Waals surface area contributed by atoms with E-state index in [1.165, 1.54) is 7.11 Å². The predicted molar refractivity (Wildman–Crippen MR) is 123 cm³/mol. The minimum Gasteiger partial charge on any atom is -0.497 e. The van der Waals surface area contributed by atoms with Crippen LogP contribution < -0.4 is 14.2 Å². The molecular weight excluding hydrogens is 420 g/mol. The van der Waals surface area contributed by atoms with E-state index in [0.29, 0.717) is 11.3 Å². The molecule has 0 amide bonds. The smallest absolute Gasteiger partial charge is 0.337 e. The number of carbonyl (C=O) groups excluding carboxylic acids is 1. The van der Waals surface area contributed by atoms with Crippen molar-refractivity contribution in [1.29, 1.82) is 0 Å². The zero-order valence-electron chi connectivity index (χ0n) is 18.6. The van der Waals surface area contributed by atoms with E-state index < -0.39 is 6.23 Å². The highest BCUT2D eigenvalue weighted by molar-refractivity contribution is 6.02. The number of fused-ring (bicyclic) bond motifs is 3. The predicted octanol–water partition coefficient (Wildman–Crippen LogP) is 4.73. The van der Waals surface area contributed by atoms with Crippen molar-refractivity contribution in [3.63, 3.8) is 0 Å². The third-order valence-corrected chi connectivity index (χ3v) is 6.04. The monoisotopic (exact) mass is 444 g/mol. The number of methoxy groups -OCH3 is 3. The number of carbonyl (C=O) groups is 1. The molecule has 0 aliphatic carbocycles. The Kier molecular flexibility index (Phi) is 5.38. The van der Waals surface area contributed by atoms with Crippen LogP contribution in [0.15, 0.2) is 71.8 Å². The summed E-state index contributed by atoms with van der Waals surface area (Å²) in [6.45, 7) is 0. The van der Waals surface area contributed by atoms with Crippen LogP contribution in [0.4, 0.5) is 0 Å². The van der Waals surface area contributed by atoms with Crippen LogP contribution in [-0.2, 0) is 4.74 Å². The number of benzene rings is 3. The summed E-state index contributed by atoms with van der Waals surface area (Å²) in [7, 11) is 4.66. The highest BCUT2D eigenvalue weighted by atomic mass is 16.5. The number of para-hydroxylation sites is 1. The number of hydrogen-bond donors (Lipinski definition) is 0. The number of nitrogens with zero attached hydrogens (tertiary/aromatic N) is 2. The maximum Gasteiger partial charge on any atom is 0.337 e. The van der Waals surface area contributed by atoms with Gasteiger partial charge < -0.3 is 18.9 Å². The number of rotatable bonds is 5. The average molecular weight is 444 g/mol. The number of esters is 1. The fourth-order valence-electron chi connectivity index (χ4n) is 4.32. The summed E-state index contributed by atoms with van der Waals surface area (Å²) in [5.41, 5.74) is 4.40. The summed E-state index contributed by atoms with van der Waals surface area (Å²) in [4.78, 5) is 11.9. The van der Waals surface area contributed by atoms with Crippen LogP contribution in [0.25, 0.3) is 0 Å². The SMILES string of the molecule is COC(=O)c1ccc([C@H]2Oc3c(OC)cccc3[C@H]3CC(c4ccc(OC)cc4)=NN32)cc1. The van der Waals surface area contributed by atoms with Crippen molar-refractivity contribution >= 4 is 11.7 Å². The van der Waals surface area contributed by atoms with E-state index in [1.54, 1.807) is 26.4 Å². The van der Waals surface area contributed by atoms with Crippen molar-refractivity contribution in [2.45, 2.75) is 18.7 Å². The van der Waals surface area contributed by atoms with Crippen LogP contribution in [-0.4, -0.2) is 38.0 Å². The molecule has 2 atom stereocenters. The Balaban J connectivity index is 1.56. The van der Waals surface area contributed by atoms with Gasteiger partial charge in [0.1, 0.15) is 5.75 Å². The first kappa shape index (κ1) is 20.9. The number of hydrogen-bond acceptors (Lipinski definition) is 7. The van der Waals surface area contributed by atoms with Crippen molar-refractivity contribution in [3.05, 3.63) is 89.0 Å². The van der Waals surface area contributed by atoms with Crippen molar-refractivity contribution in [2.75, 3.05) is 21.3 Å². The summed E-state index contributed by atoms with van der Waals surface area (Å²) in [5, 5.41) is 6.97. The van der Waals surface area contributed by atoms with E-state index in [-0.39, 0.29) is 12.0 Å². The molecule has 0 unspecified atom stereocenters. The van der Waals surface area contributed by atoms with Gasteiger partial charge in [-0.3, -0.25) is 0 Å². The molecule has 2 heterocycles. The third-order valence-electron chi connectivity index (χ3n) is 6.04. The first-order valence-electron chi connectivity index (χ1n) is 10.6. The topological polar surface area (TPSA) is 69.6 Å². The highest BCUT2D eigenvalue weighted by Crippen LogP contribution is 2.50. The van der Waals surface area contributed by atoms with Gasteiger partial charge in [0.05, 0.1) is 38.6 Å². The number of ether oxygens (including phenoxy) is 4. The molecule has 0 saturated carbocycles. The molecule has 2 aliphatic rings. The normalized spacial score (nSPS) is 18.5. The first-order chi connectivity index (χ1) is 16.1. The van der Waals surface area contributed by atoms with Gasteiger partial charge in [0.2, 0.25) is 6.23 Å². The molecule has 0 bridgehead atoms. The van der Waals surface area contributed by atoms with Crippen molar-refractivity contribution < 1.29 is 23.7 Å². The molecule has 0 aromatic heterocycles. The van der Waals surface area contributed by atoms with Gasteiger partial charge in [-0.15, -0.1) is 0 Å². The van der Waals surface area contributed by atoms with E-state index >= 15 is 0 Å². The van der Waals surface area contributed by atoms with E-state index in [9.17, 15) is 4.79 Å². The summed E-state index contributed by atoms with van der Waals surface area (Å²) < 4.78 is 22.2. The molecule has 7 heteroatoms. The largest absolute Gasteiger partial charge is 0.497 e. The van der Waals surface area contributed by atoms with Gasteiger partial charge in [-0.1, -0.05) is 24.3 Å². The Bertz CT molecular complexity index is 1200. The van der Waals surface area contributed by atoms with Gasteiger partial charge in [-0.05, 0) is 48.0 Å². The van der Waals surface area contributed by atoms with Crippen molar-refractivity contribution in [3.8, 4) is 17.2 Å². The van der Waals surface area contributed by atoms with Crippen LogP contribution in [0, 0.1) is 0 Å². The standard InChI is InChI=1S/C26H24N2O5/c1-30-19-13-11-16(12-14-19)21-15-22-20-5-4-6-23(31-2)24(20)33-25(28(22)27-21)17-7-9-18(10-8-17)26(29)32-3/h4-14,22,25H,15H2,1-3H3/t22-,25-/m1/s1. The zero-order valence-corrected chi connectivity index (χ0v) is 18.6. The zero-order chi connectivity index (χ0) is 22.9. The molecule has 0 radical (unpaired) electrons. The van der Waals surface area contributed by atoms with Gasteiger partial charge in [0, 0.05) is 17.5 Å². The second-order valence-corrected chi connectivity index (χ2v) is 7.84.